The van der Waals surface area contributed by atoms with E-state index in [1.807, 2.05) is 0 Å². The van der Waals surface area contributed by atoms with Gasteiger partial charge in [0.15, 0.2) is 6.61 Å². The maximum absolute atomic E-state index is 13.6. The maximum Gasteiger partial charge on any atom is 0.422 e. The van der Waals surface area contributed by atoms with Crippen LogP contribution in [0.25, 0.3) is 33.4 Å². The third kappa shape index (κ3) is 4.90. The SMILES string of the molecule is CNC(=O)c1c(-c2ccc(F)cc2)oc2cc(OCC(F)(F)F)c(-c3cnc(OC)c(C(=O)NC45CC(C4)C5)c3)cc12. The van der Waals surface area contributed by atoms with Gasteiger partial charge in [0.2, 0.25) is 5.88 Å². The Labute approximate surface area is 237 Å². The minimum absolute atomic E-state index is 0.0506. The van der Waals surface area contributed by atoms with Crippen LogP contribution in [0.4, 0.5) is 17.6 Å². The van der Waals surface area contributed by atoms with E-state index in [1.54, 1.807) is 0 Å². The van der Waals surface area contributed by atoms with Crippen LogP contribution in [0.1, 0.15) is 40.0 Å². The van der Waals surface area contributed by atoms with Crippen LogP contribution in [-0.2, 0) is 0 Å². The van der Waals surface area contributed by atoms with Crippen molar-refractivity contribution in [3.63, 3.8) is 0 Å². The van der Waals surface area contributed by atoms with Crippen molar-refractivity contribution in [2.24, 2.45) is 5.92 Å². The summed E-state index contributed by atoms with van der Waals surface area (Å²) in [6.45, 7) is -1.60. The van der Waals surface area contributed by atoms with Gasteiger partial charge in [0.25, 0.3) is 11.8 Å². The lowest BCUT2D eigenvalue weighted by Gasteiger charge is -2.61. The van der Waals surface area contributed by atoms with Gasteiger partial charge in [-0.2, -0.15) is 13.2 Å². The molecule has 8 nitrogen and oxygen atoms in total. The fourth-order valence-electron chi connectivity index (χ4n) is 5.65. The Balaban J connectivity index is 1.51. The van der Waals surface area contributed by atoms with Crippen molar-refractivity contribution in [3.05, 3.63) is 65.6 Å². The maximum atomic E-state index is 13.6. The van der Waals surface area contributed by atoms with Gasteiger partial charge in [-0.05, 0) is 61.6 Å². The van der Waals surface area contributed by atoms with Crippen LogP contribution in [0.2, 0.25) is 0 Å². The lowest BCUT2D eigenvalue weighted by Crippen LogP contribution is -2.68. The molecule has 2 aromatic heterocycles. The van der Waals surface area contributed by atoms with Gasteiger partial charge in [-0.25, -0.2) is 9.37 Å². The summed E-state index contributed by atoms with van der Waals surface area (Å²) in [5.74, 6) is -0.881. The van der Waals surface area contributed by atoms with E-state index < -0.39 is 30.4 Å². The third-order valence-corrected chi connectivity index (χ3v) is 7.76. The number of hydrogen-bond acceptors (Lipinski definition) is 6. The number of carbonyl (C=O) groups excluding carboxylic acids is 2. The number of furan rings is 1. The summed E-state index contributed by atoms with van der Waals surface area (Å²) in [4.78, 5) is 30.5. The van der Waals surface area contributed by atoms with E-state index in [2.05, 4.69) is 15.6 Å². The van der Waals surface area contributed by atoms with Gasteiger partial charge in [-0.15, -0.1) is 0 Å². The molecule has 7 rings (SSSR count). The van der Waals surface area contributed by atoms with E-state index >= 15 is 0 Å². The molecule has 0 spiro atoms. The number of amides is 2. The predicted octanol–water partition coefficient (Wildman–Crippen LogP) is 5.89. The van der Waals surface area contributed by atoms with Gasteiger partial charge in [0, 0.05) is 46.9 Å². The van der Waals surface area contributed by atoms with Crippen molar-refractivity contribution in [1.29, 1.82) is 0 Å². The Morgan fingerprint density at radius 2 is 1.79 bits per heavy atom. The Kier molecular flexibility index (Phi) is 6.58. The van der Waals surface area contributed by atoms with Crippen LogP contribution >= 0.6 is 0 Å². The fraction of sp³-hybridized carbons (Fsp3) is 0.300. The van der Waals surface area contributed by atoms with Crippen LogP contribution in [0, 0.1) is 11.7 Å². The van der Waals surface area contributed by atoms with Crippen molar-refractivity contribution in [3.8, 4) is 34.1 Å². The summed E-state index contributed by atoms with van der Waals surface area (Å²) in [6.07, 6.45) is -0.592. The molecule has 218 valence electrons. The van der Waals surface area contributed by atoms with Crippen molar-refractivity contribution in [1.82, 2.24) is 15.6 Å². The molecule has 2 heterocycles. The second-order valence-corrected chi connectivity index (χ2v) is 10.6. The molecular formula is C30H25F4N3O5. The average molecular weight is 584 g/mol. The van der Waals surface area contributed by atoms with Crippen LogP contribution in [0.3, 0.4) is 0 Å². The largest absolute Gasteiger partial charge is 0.483 e. The van der Waals surface area contributed by atoms with E-state index in [1.165, 1.54) is 62.8 Å². The summed E-state index contributed by atoms with van der Waals surface area (Å²) >= 11 is 0. The highest BCUT2D eigenvalue weighted by atomic mass is 19.4. The van der Waals surface area contributed by atoms with Gasteiger partial charge >= 0.3 is 6.18 Å². The lowest BCUT2D eigenvalue weighted by molar-refractivity contribution is -0.153. The molecule has 2 N–H and O–H groups in total. The van der Waals surface area contributed by atoms with Gasteiger partial charge in [-0.1, -0.05) is 0 Å². The molecule has 2 aromatic carbocycles. The van der Waals surface area contributed by atoms with Crippen LogP contribution in [0.5, 0.6) is 11.6 Å². The summed E-state index contributed by atoms with van der Waals surface area (Å²) in [6, 6.07) is 9.41. The first-order chi connectivity index (χ1) is 20.0. The molecule has 3 saturated carbocycles. The highest BCUT2D eigenvalue weighted by Gasteiger charge is 2.57. The zero-order chi connectivity index (χ0) is 29.8. The molecule has 2 amide bonds. The number of halogens is 4. The number of benzene rings is 2. The zero-order valence-corrected chi connectivity index (χ0v) is 22.5. The molecule has 0 atom stereocenters. The van der Waals surface area contributed by atoms with Crippen molar-refractivity contribution in [2.75, 3.05) is 20.8 Å². The number of fused-ring (bicyclic) bond motifs is 1. The van der Waals surface area contributed by atoms with Gasteiger partial charge in [0.05, 0.1) is 12.7 Å². The Morgan fingerprint density at radius 3 is 2.38 bits per heavy atom. The Morgan fingerprint density at radius 1 is 1.07 bits per heavy atom. The van der Waals surface area contributed by atoms with Crippen LogP contribution in [-0.4, -0.2) is 49.3 Å². The van der Waals surface area contributed by atoms with Crippen molar-refractivity contribution >= 4 is 22.8 Å². The molecule has 0 unspecified atom stereocenters. The number of hydrogen-bond donors (Lipinski definition) is 2. The summed E-state index contributed by atoms with van der Waals surface area (Å²) in [5, 5.41) is 5.84. The summed E-state index contributed by atoms with van der Waals surface area (Å²) in [7, 11) is 2.78. The first kappa shape index (κ1) is 27.6. The van der Waals surface area contributed by atoms with Gasteiger partial charge in [-0.3, -0.25) is 9.59 Å². The highest BCUT2D eigenvalue weighted by Crippen LogP contribution is 2.57. The van der Waals surface area contributed by atoms with Crippen molar-refractivity contribution < 1.29 is 41.0 Å². The molecule has 3 aliphatic carbocycles. The number of aromatic nitrogens is 1. The zero-order valence-electron chi connectivity index (χ0n) is 22.5. The normalized spacial score (nSPS) is 19.0. The molecule has 0 saturated heterocycles. The molecule has 4 aromatic rings. The van der Waals surface area contributed by atoms with E-state index in [9.17, 15) is 27.2 Å². The van der Waals surface area contributed by atoms with Crippen LogP contribution in [0.15, 0.2) is 53.1 Å². The average Bonchev–Trinajstić information content (AvgIpc) is 3.30. The van der Waals surface area contributed by atoms with E-state index in [0.717, 1.165) is 19.3 Å². The van der Waals surface area contributed by atoms with Crippen LogP contribution < -0.4 is 20.1 Å². The molecule has 42 heavy (non-hydrogen) atoms. The smallest absolute Gasteiger partial charge is 0.422 e. The number of ether oxygens (including phenoxy) is 2. The minimum atomic E-state index is -4.65. The standard InChI is InChI=1S/C30H25F4N3O5/c1-35-27(39)24-20-8-19(17-7-21(28(40-2)36-13-17)26(38)37-29-10-15(11-29)12-29)22(41-14-30(32,33)34)9-23(20)42-25(24)16-3-5-18(31)6-4-16/h3-9,13,15H,10-12,14H2,1-2H3,(H,35,39)(H,37,38). The molecular weight excluding hydrogens is 558 g/mol. The summed E-state index contributed by atoms with van der Waals surface area (Å²) < 4.78 is 69.7. The number of carbonyl (C=O) groups is 2. The number of nitrogens with one attached hydrogen (secondary N) is 2. The Bertz CT molecular complexity index is 1700. The molecule has 3 fully saturated rings. The first-order valence-electron chi connectivity index (χ1n) is 13.1. The molecule has 3 aliphatic rings. The van der Waals surface area contributed by atoms with Crippen molar-refractivity contribution in [2.45, 2.75) is 31.0 Å². The Hall–Kier alpha value is -4.61. The van der Waals surface area contributed by atoms with Gasteiger partial charge < -0.3 is 24.5 Å². The van der Waals surface area contributed by atoms with E-state index in [4.69, 9.17) is 13.9 Å². The van der Waals surface area contributed by atoms with E-state index in [0.29, 0.717) is 11.5 Å². The quantitative estimate of drug-likeness (QED) is 0.251. The van der Waals surface area contributed by atoms with E-state index in [-0.39, 0.29) is 56.2 Å². The minimum Gasteiger partial charge on any atom is -0.483 e. The predicted molar refractivity (Wildman–Crippen MR) is 144 cm³/mol. The second-order valence-electron chi connectivity index (χ2n) is 10.6. The molecule has 12 heteroatoms. The molecule has 0 radical (unpaired) electrons. The number of pyridine rings is 1. The number of nitrogens with zero attached hydrogens (tertiary/aromatic N) is 1. The molecule has 0 aliphatic heterocycles. The second kappa shape index (κ2) is 10.0. The number of methoxy groups -OCH3 is 1. The molecule has 2 bridgehead atoms. The number of rotatable bonds is 8. The first-order valence-corrected chi connectivity index (χ1v) is 13.1. The highest BCUT2D eigenvalue weighted by molar-refractivity contribution is 6.12. The topological polar surface area (TPSA) is 103 Å². The third-order valence-electron chi connectivity index (χ3n) is 7.76. The fourth-order valence-corrected chi connectivity index (χ4v) is 5.65. The van der Waals surface area contributed by atoms with Gasteiger partial charge in [0.1, 0.15) is 28.5 Å². The summed E-state index contributed by atoms with van der Waals surface area (Å²) in [5.41, 5.74) is 0.792. The monoisotopic (exact) mass is 583 g/mol. The lowest BCUT2D eigenvalue weighted by atomic mass is 9.50. The number of alkyl halides is 3.